The average Bonchev–Trinajstić information content (AvgIpc) is 2.70. The van der Waals surface area contributed by atoms with Crippen molar-refractivity contribution in [2.75, 3.05) is 13.2 Å². The summed E-state index contributed by atoms with van der Waals surface area (Å²) in [6.07, 6.45) is 10.3. The molecule has 0 saturated heterocycles. The van der Waals surface area contributed by atoms with E-state index in [1.54, 1.807) is 6.08 Å². The first kappa shape index (κ1) is 21.4. The Balaban J connectivity index is 1.90. The maximum Gasteiger partial charge on any atom is 0.127 e. The SMILES string of the molecule is C=C/C=C(\C=C/C)OCCCOc1ccc(Oc2ccccc2)cc1CCC. The molecular formula is C25H30O3. The van der Waals surface area contributed by atoms with Gasteiger partial charge in [-0.1, -0.05) is 50.3 Å². The molecule has 0 bridgehead atoms. The molecule has 2 rings (SSSR count). The predicted molar refractivity (Wildman–Crippen MR) is 116 cm³/mol. The smallest absolute Gasteiger partial charge is 0.127 e. The molecule has 0 aliphatic heterocycles. The van der Waals surface area contributed by atoms with Crippen molar-refractivity contribution >= 4 is 0 Å². The summed E-state index contributed by atoms with van der Waals surface area (Å²) in [5.41, 5.74) is 1.16. The van der Waals surface area contributed by atoms with Crippen molar-refractivity contribution in [1.82, 2.24) is 0 Å². The van der Waals surface area contributed by atoms with E-state index in [-0.39, 0.29) is 0 Å². The fourth-order valence-electron chi connectivity index (χ4n) is 2.71. The summed E-state index contributed by atoms with van der Waals surface area (Å²) in [5.74, 6) is 3.39. The van der Waals surface area contributed by atoms with Crippen LogP contribution in [0.15, 0.2) is 85.2 Å². The van der Waals surface area contributed by atoms with Crippen molar-refractivity contribution in [1.29, 1.82) is 0 Å². The third kappa shape index (κ3) is 7.36. The lowest BCUT2D eigenvalue weighted by Gasteiger charge is -2.14. The van der Waals surface area contributed by atoms with Crippen LogP contribution in [0.1, 0.15) is 32.3 Å². The van der Waals surface area contributed by atoms with Crippen LogP contribution in [0.3, 0.4) is 0 Å². The fourth-order valence-corrected chi connectivity index (χ4v) is 2.71. The first-order valence-electron chi connectivity index (χ1n) is 9.83. The molecular weight excluding hydrogens is 348 g/mol. The highest BCUT2D eigenvalue weighted by Crippen LogP contribution is 2.29. The molecule has 0 saturated carbocycles. The normalized spacial score (nSPS) is 11.4. The number of ether oxygens (including phenoxy) is 3. The second kappa shape index (κ2) is 12.4. The van der Waals surface area contributed by atoms with Gasteiger partial charge < -0.3 is 14.2 Å². The molecule has 28 heavy (non-hydrogen) atoms. The van der Waals surface area contributed by atoms with Crippen LogP contribution < -0.4 is 9.47 Å². The molecule has 3 heteroatoms. The molecule has 2 aromatic rings. The second-order valence-electron chi connectivity index (χ2n) is 6.29. The molecule has 0 N–H and O–H groups in total. The lowest BCUT2D eigenvalue weighted by atomic mass is 10.1. The van der Waals surface area contributed by atoms with Crippen LogP contribution in [0, 0.1) is 0 Å². The molecule has 0 unspecified atom stereocenters. The van der Waals surface area contributed by atoms with Crippen molar-refractivity contribution in [3.8, 4) is 17.2 Å². The Morgan fingerprint density at radius 2 is 1.86 bits per heavy atom. The molecule has 0 atom stereocenters. The summed E-state index contributed by atoms with van der Waals surface area (Å²) in [7, 11) is 0. The van der Waals surface area contributed by atoms with Gasteiger partial charge in [0.2, 0.25) is 0 Å². The van der Waals surface area contributed by atoms with E-state index in [0.29, 0.717) is 13.2 Å². The average molecular weight is 379 g/mol. The second-order valence-corrected chi connectivity index (χ2v) is 6.29. The fraction of sp³-hybridized carbons (Fsp3) is 0.280. The monoisotopic (exact) mass is 378 g/mol. The van der Waals surface area contributed by atoms with E-state index in [0.717, 1.165) is 47.8 Å². The largest absolute Gasteiger partial charge is 0.493 e. The molecule has 0 heterocycles. The standard InChI is InChI=1S/C25H30O3/c1-4-11-21-20-24(28-23-14-8-7-9-15-23)16-17-25(21)27-19-10-18-26-22(12-5-2)13-6-3/h5-9,12-17,20H,2,4,10-11,18-19H2,1,3H3/b13-6-,22-12+. The summed E-state index contributed by atoms with van der Waals surface area (Å²) in [5, 5.41) is 0. The number of hydrogen-bond donors (Lipinski definition) is 0. The Morgan fingerprint density at radius 1 is 1.04 bits per heavy atom. The minimum absolute atomic E-state index is 0.600. The van der Waals surface area contributed by atoms with Gasteiger partial charge in [0.05, 0.1) is 13.2 Å². The number of aryl methyl sites for hydroxylation is 1. The summed E-state index contributed by atoms with van der Waals surface area (Å²) in [6.45, 7) is 9.03. The highest BCUT2D eigenvalue weighted by molar-refractivity contribution is 5.42. The number of benzene rings is 2. The van der Waals surface area contributed by atoms with Crippen LogP contribution in [0.2, 0.25) is 0 Å². The quantitative estimate of drug-likeness (QED) is 0.229. The van der Waals surface area contributed by atoms with E-state index in [2.05, 4.69) is 19.6 Å². The van der Waals surface area contributed by atoms with E-state index in [1.807, 2.05) is 67.6 Å². The van der Waals surface area contributed by atoms with Gasteiger partial charge in [-0.15, -0.1) is 0 Å². The molecule has 0 spiro atoms. The van der Waals surface area contributed by atoms with Gasteiger partial charge in [-0.2, -0.15) is 0 Å². The van der Waals surface area contributed by atoms with Gasteiger partial charge >= 0.3 is 0 Å². The Kier molecular flexibility index (Phi) is 9.50. The number of allylic oxidation sites excluding steroid dienone is 4. The summed E-state index contributed by atoms with van der Waals surface area (Å²) < 4.78 is 17.7. The van der Waals surface area contributed by atoms with E-state index in [9.17, 15) is 0 Å². The predicted octanol–water partition coefficient (Wildman–Crippen LogP) is 6.86. The van der Waals surface area contributed by atoms with Gasteiger partial charge in [-0.05, 0) is 61.4 Å². The molecule has 2 aromatic carbocycles. The van der Waals surface area contributed by atoms with Crippen LogP contribution in [0.25, 0.3) is 0 Å². The Morgan fingerprint density at radius 3 is 2.57 bits per heavy atom. The van der Waals surface area contributed by atoms with Crippen molar-refractivity contribution < 1.29 is 14.2 Å². The van der Waals surface area contributed by atoms with E-state index >= 15 is 0 Å². The van der Waals surface area contributed by atoms with E-state index in [1.165, 1.54) is 0 Å². The lowest BCUT2D eigenvalue weighted by Crippen LogP contribution is -2.04. The van der Waals surface area contributed by atoms with E-state index in [4.69, 9.17) is 14.2 Å². The van der Waals surface area contributed by atoms with Gasteiger partial charge in [-0.3, -0.25) is 0 Å². The van der Waals surface area contributed by atoms with Crippen molar-refractivity contribution in [2.24, 2.45) is 0 Å². The van der Waals surface area contributed by atoms with Crippen LogP contribution in [-0.4, -0.2) is 13.2 Å². The van der Waals surface area contributed by atoms with E-state index < -0.39 is 0 Å². The Bertz CT molecular complexity index is 776. The number of hydrogen-bond acceptors (Lipinski definition) is 3. The third-order valence-corrected chi connectivity index (χ3v) is 3.96. The molecule has 0 aliphatic rings. The molecule has 0 fully saturated rings. The van der Waals surface area contributed by atoms with Crippen molar-refractivity contribution in [2.45, 2.75) is 33.1 Å². The third-order valence-electron chi connectivity index (χ3n) is 3.96. The Labute approximate surface area is 169 Å². The summed E-state index contributed by atoms with van der Waals surface area (Å²) in [6, 6.07) is 15.8. The van der Waals surface area contributed by atoms with Crippen molar-refractivity contribution in [3.63, 3.8) is 0 Å². The Hall–Kier alpha value is -2.94. The topological polar surface area (TPSA) is 27.7 Å². The van der Waals surface area contributed by atoms with Crippen LogP contribution in [-0.2, 0) is 11.2 Å². The summed E-state index contributed by atoms with van der Waals surface area (Å²) >= 11 is 0. The molecule has 0 amide bonds. The first-order valence-corrected chi connectivity index (χ1v) is 9.83. The highest BCUT2D eigenvalue weighted by Gasteiger charge is 2.07. The minimum Gasteiger partial charge on any atom is -0.493 e. The maximum absolute atomic E-state index is 6.00. The zero-order valence-corrected chi connectivity index (χ0v) is 16.9. The molecule has 3 nitrogen and oxygen atoms in total. The van der Waals surface area contributed by atoms with Gasteiger partial charge in [0.25, 0.3) is 0 Å². The molecule has 148 valence electrons. The van der Waals surface area contributed by atoms with Gasteiger partial charge in [0.1, 0.15) is 23.0 Å². The molecule has 0 aromatic heterocycles. The number of rotatable bonds is 12. The first-order chi connectivity index (χ1) is 13.8. The lowest BCUT2D eigenvalue weighted by molar-refractivity contribution is 0.191. The zero-order chi connectivity index (χ0) is 20.0. The maximum atomic E-state index is 6.00. The van der Waals surface area contributed by atoms with Crippen LogP contribution in [0.4, 0.5) is 0 Å². The molecule has 0 radical (unpaired) electrons. The van der Waals surface area contributed by atoms with Gasteiger partial charge in [-0.25, -0.2) is 0 Å². The minimum atomic E-state index is 0.600. The molecule has 0 aliphatic carbocycles. The number of para-hydroxylation sites is 1. The van der Waals surface area contributed by atoms with Gasteiger partial charge in [0, 0.05) is 6.42 Å². The van der Waals surface area contributed by atoms with Crippen LogP contribution in [0.5, 0.6) is 17.2 Å². The van der Waals surface area contributed by atoms with Gasteiger partial charge in [0.15, 0.2) is 0 Å². The van der Waals surface area contributed by atoms with Crippen LogP contribution >= 0.6 is 0 Å². The zero-order valence-electron chi connectivity index (χ0n) is 16.9. The highest BCUT2D eigenvalue weighted by atomic mass is 16.5. The van der Waals surface area contributed by atoms with Crippen molar-refractivity contribution in [3.05, 3.63) is 90.7 Å². The summed E-state index contributed by atoms with van der Waals surface area (Å²) in [4.78, 5) is 0.